The molecule has 0 fully saturated rings. The number of fused-ring (bicyclic) bond motifs is 2. The van der Waals surface area contributed by atoms with Gasteiger partial charge in [-0.25, -0.2) is 8.42 Å². The van der Waals surface area contributed by atoms with Gasteiger partial charge in [0, 0.05) is 0 Å². The van der Waals surface area contributed by atoms with Crippen LogP contribution >= 0.6 is 0 Å². The molecule has 5 rings (SSSR count). The first-order chi connectivity index (χ1) is 17.8. The van der Waals surface area contributed by atoms with Gasteiger partial charge < -0.3 is 0 Å². The fraction of sp³-hybridized carbons (Fsp3) is 0.0667. The van der Waals surface area contributed by atoms with Gasteiger partial charge in [-0.15, -0.1) is 4.39 Å². The lowest BCUT2D eigenvalue weighted by Gasteiger charge is -2.25. The van der Waals surface area contributed by atoms with Crippen LogP contribution in [0.4, 0.5) is 4.39 Å². The lowest BCUT2D eigenvalue weighted by molar-refractivity contribution is -0.576. The summed E-state index contributed by atoms with van der Waals surface area (Å²) >= 11 is 0. The summed E-state index contributed by atoms with van der Waals surface area (Å²) in [4.78, 5) is 10.5. The van der Waals surface area contributed by atoms with E-state index < -0.39 is 30.7 Å². The minimum Gasteiger partial charge on any atom is -0.260 e. The molecule has 5 nitrogen and oxygen atoms in total. The van der Waals surface area contributed by atoms with E-state index in [2.05, 4.69) is 0 Å². The van der Waals surface area contributed by atoms with Gasteiger partial charge in [0.05, 0.1) is 9.82 Å². The first-order valence-electron chi connectivity index (χ1n) is 11.6. The Bertz CT molecular complexity index is 1750. The number of nitro groups is 1. The van der Waals surface area contributed by atoms with E-state index in [1.807, 2.05) is 48.5 Å². The Hall–Kier alpha value is -4.36. The molecule has 0 bridgehead atoms. The van der Waals surface area contributed by atoms with Crippen LogP contribution in [0.1, 0.15) is 17.0 Å². The molecule has 184 valence electrons. The van der Waals surface area contributed by atoms with Crippen LogP contribution < -0.4 is 0 Å². The fourth-order valence-electron chi connectivity index (χ4n) is 4.50. The highest BCUT2D eigenvalue weighted by Gasteiger charge is 2.63. The third-order valence-corrected chi connectivity index (χ3v) is 8.50. The van der Waals surface area contributed by atoms with E-state index in [0.717, 1.165) is 28.3 Å². The van der Waals surface area contributed by atoms with Crippen molar-refractivity contribution in [2.45, 2.75) is 15.9 Å². The number of hydrogen-bond acceptors (Lipinski definition) is 4. The molecular weight excluding hydrogens is 489 g/mol. The average molecular weight is 512 g/mol. The van der Waals surface area contributed by atoms with E-state index in [-0.39, 0.29) is 5.56 Å². The Balaban J connectivity index is 1.70. The summed E-state index contributed by atoms with van der Waals surface area (Å²) in [5.41, 5.74) is 0.835. The van der Waals surface area contributed by atoms with Gasteiger partial charge in [-0.3, -0.25) is 10.1 Å². The quantitative estimate of drug-likeness (QED) is 0.132. The van der Waals surface area contributed by atoms with Crippen LogP contribution in [0.3, 0.4) is 0 Å². The zero-order valence-electron chi connectivity index (χ0n) is 19.6. The zero-order valence-corrected chi connectivity index (χ0v) is 20.4. The maximum atomic E-state index is 16.7. The molecule has 7 heteroatoms. The number of halogens is 1. The molecule has 0 spiro atoms. The van der Waals surface area contributed by atoms with Gasteiger partial charge in [0.2, 0.25) is 0 Å². The molecule has 0 aliphatic rings. The van der Waals surface area contributed by atoms with Crippen molar-refractivity contribution in [3.63, 3.8) is 0 Å². The Morgan fingerprint density at radius 2 is 1.27 bits per heavy atom. The summed E-state index contributed by atoms with van der Waals surface area (Å²) < 4.78 is 43.8. The molecule has 0 unspecified atom stereocenters. The lowest BCUT2D eigenvalue weighted by Crippen LogP contribution is -2.46. The molecule has 0 saturated carbocycles. The molecule has 0 aliphatic carbocycles. The highest BCUT2D eigenvalue weighted by Crippen LogP contribution is 2.42. The van der Waals surface area contributed by atoms with Crippen molar-refractivity contribution >= 4 is 37.5 Å². The maximum Gasteiger partial charge on any atom is 0.472 e. The Morgan fingerprint density at radius 3 is 1.89 bits per heavy atom. The van der Waals surface area contributed by atoms with Crippen molar-refractivity contribution in [2.24, 2.45) is 0 Å². The van der Waals surface area contributed by atoms with Crippen molar-refractivity contribution < 1.29 is 17.7 Å². The molecule has 0 amide bonds. The first kappa shape index (κ1) is 24.3. The Kier molecular flexibility index (Phi) is 6.31. The second kappa shape index (κ2) is 9.59. The van der Waals surface area contributed by atoms with Gasteiger partial charge in [0.1, 0.15) is 5.92 Å². The Labute approximate surface area is 213 Å². The second-order valence-corrected chi connectivity index (χ2v) is 10.8. The second-order valence-electron chi connectivity index (χ2n) is 8.73. The number of hydrogen-bond donors (Lipinski definition) is 0. The van der Waals surface area contributed by atoms with Crippen molar-refractivity contribution in [3.05, 3.63) is 143 Å². The van der Waals surface area contributed by atoms with E-state index in [1.165, 1.54) is 30.4 Å². The van der Waals surface area contributed by atoms with Crippen molar-refractivity contribution in [1.82, 2.24) is 0 Å². The van der Waals surface area contributed by atoms with Crippen LogP contribution in [0, 0.1) is 10.1 Å². The zero-order chi connectivity index (χ0) is 26.0. The van der Waals surface area contributed by atoms with Crippen LogP contribution in [0.25, 0.3) is 27.6 Å². The smallest absolute Gasteiger partial charge is 0.260 e. The van der Waals surface area contributed by atoms with Crippen molar-refractivity contribution in [2.75, 3.05) is 0 Å². The van der Waals surface area contributed by atoms with Gasteiger partial charge in [0.25, 0.3) is 9.84 Å². The number of alkyl halides is 1. The highest BCUT2D eigenvalue weighted by atomic mass is 32.2. The van der Waals surface area contributed by atoms with Crippen LogP contribution in [0.2, 0.25) is 0 Å². The molecule has 0 aliphatic heterocycles. The van der Waals surface area contributed by atoms with Crippen LogP contribution in [-0.2, 0) is 9.84 Å². The molecule has 0 radical (unpaired) electrons. The number of nitrogens with zero attached hydrogens (tertiary/aromatic N) is 1. The van der Waals surface area contributed by atoms with Gasteiger partial charge in [-0.2, -0.15) is 0 Å². The fourth-order valence-corrected chi connectivity index (χ4v) is 6.09. The van der Waals surface area contributed by atoms with Gasteiger partial charge in [0.15, 0.2) is 0 Å². The molecule has 0 heterocycles. The molecule has 5 aromatic carbocycles. The summed E-state index contributed by atoms with van der Waals surface area (Å²) in [5, 5.41) is 12.0. The lowest BCUT2D eigenvalue weighted by atomic mass is 9.93. The monoisotopic (exact) mass is 511 g/mol. The van der Waals surface area contributed by atoms with Crippen LogP contribution in [0.5, 0.6) is 0 Å². The minimum absolute atomic E-state index is 0.175. The summed E-state index contributed by atoms with van der Waals surface area (Å²) in [6, 6.07) is 32.1. The molecule has 2 atom stereocenters. The predicted octanol–water partition coefficient (Wildman–Crippen LogP) is 7.16. The van der Waals surface area contributed by atoms with Crippen molar-refractivity contribution in [3.8, 4) is 0 Å². The van der Waals surface area contributed by atoms with E-state index in [4.69, 9.17) is 0 Å². The number of sulfone groups is 1. The van der Waals surface area contributed by atoms with Crippen molar-refractivity contribution in [1.29, 1.82) is 0 Å². The normalized spacial score (nSPS) is 14.5. The standard InChI is InChI=1S/C30H22FNO4S/c31-30(32(33)34,37(35,36)28-12-2-1-3-13-28)29(27-18-17-24-9-5-7-11-26(24)21-27)19-15-22-14-16-23-8-4-6-10-25(23)20-22/h1-21,29H/t29-,30-/m1/s1. The molecule has 37 heavy (non-hydrogen) atoms. The highest BCUT2D eigenvalue weighted by molar-refractivity contribution is 7.92. The minimum atomic E-state index is -5.06. The number of rotatable bonds is 7. The molecule has 0 N–H and O–H groups in total. The predicted molar refractivity (Wildman–Crippen MR) is 144 cm³/mol. The largest absolute Gasteiger partial charge is 0.472 e. The van der Waals surface area contributed by atoms with E-state index in [0.29, 0.717) is 10.9 Å². The van der Waals surface area contributed by atoms with Crippen LogP contribution in [0.15, 0.2) is 126 Å². The van der Waals surface area contributed by atoms with E-state index in [1.54, 1.807) is 36.4 Å². The van der Waals surface area contributed by atoms with E-state index in [9.17, 15) is 18.5 Å². The summed E-state index contributed by atoms with van der Waals surface area (Å²) in [7, 11) is -5.06. The molecule has 0 saturated heterocycles. The SMILES string of the molecule is O=[N+]([O-])[C@](F)([C@H](C=Cc1ccc2ccccc2c1)c1ccc2ccccc2c1)S(=O)(=O)c1ccccc1. The van der Waals surface area contributed by atoms with Gasteiger partial charge >= 0.3 is 5.12 Å². The summed E-state index contributed by atoms with van der Waals surface area (Å²) in [6.45, 7) is 0. The van der Waals surface area contributed by atoms with E-state index >= 15 is 4.39 Å². The molecular formula is C30H22FNO4S. The third-order valence-electron chi connectivity index (χ3n) is 6.45. The third kappa shape index (κ3) is 4.38. The average Bonchev–Trinajstić information content (AvgIpc) is 2.93. The van der Waals surface area contributed by atoms with Gasteiger partial charge in [-0.05, 0) is 50.9 Å². The molecule has 0 aromatic heterocycles. The topological polar surface area (TPSA) is 77.3 Å². The first-order valence-corrected chi connectivity index (χ1v) is 13.1. The van der Waals surface area contributed by atoms with Crippen LogP contribution in [-0.4, -0.2) is 18.5 Å². The number of benzene rings is 5. The molecule has 5 aromatic rings. The summed E-state index contributed by atoms with van der Waals surface area (Å²) in [6.07, 6.45) is 2.81. The summed E-state index contributed by atoms with van der Waals surface area (Å²) in [5.74, 6) is -1.73. The van der Waals surface area contributed by atoms with Gasteiger partial charge in [-0.1, -0.05) is 109 Å². The maximum absolute atomic E-state index is 16.7. The Morgan fingerprint density at radius 1 is 0.730 bits per heavy atom.